The van der Waals surface area contributed by atoms with Gasteiger partial charge in [-0.1, -0.05) is 30.3 Å². The van der Waals surface area contributed by atoms with Crippen molar-refractivity contribution in [1.29, 1.82) is 0 Å². The normalized spacial score (nSPS) is 11.8. The number of aryl methyl sites for hydroxylation is 1. The summed E-state index contributed by atoms with van der Waals surface area (Å²) < 4.78 is 5.19. The molecule has 0 unspecified atom stereocenters. The minimum Gasteiger partial charge on any atom is -0.481 e. The maximum Gasteiger partial charge on any atom is 0.254 e. The predicted molar refractivity (Wildman–Crippen MR) is 100 cm³/mol. The van der Waals surface area contributed by atoms with Crippen molar-refractivity contribution in [2.75, 3.05) is 27.7 Å². The van der Waals surface area contributed by atoms with E-state index in [-0.39, 0.29) is 11.9 Å². The number of pyridine rings is 1. The second-order valence-electron chi connectivity index (χ2n) is 6.19. The second-order valence-corrected chi connectivity index (χ2v) is 6.19. The van der Waals surface area contributed by atoms with Crippen molar-refractivity contribution in [3.8, 4) is 5.88 Å². The van der Waals surface area contributed by atoms with Gasteiger partial charge in [0.15, 0.2) is 0 Å². The molecular formula is C20H27N3O2. The third-order valence-corrected chi connectivity index (χ3v) is 4.30. The number of benzene rings is 1. The lowest BCUT2D eigenvalue weighted by molar-refractivity contribution is 0.0723. The average Bonchev–Trinajstić information content (AvgIpc) is 2.64. The quantitative estimate of drug-likeness (QED) is 0.802. The molecule has 1 heterocycles. The molecule has 25 heavy (non-hydrogen) atoms. The summed E-state index contributed by atoms with van der Waals surface area (Å²) in [5.74, 6) is 0.451. The van der Waals surface area contributed by atoms with E-state index < -0.39 is 0 Å². The van der Waals surface area contributed by atoms with Crippen LogP contribution in [-0.2, 0) is 6.42 Å². The number of hydrogen-bond donors (Lipinski definition) is 1. The number of ether oxygens (including phenoxy) is 1. The van der Waals surface area contributed by atoms with Crippen LogP contribution in [0.3, 0.4) is 0 Å². The number of nitrogens with zero attached hydrogens (tertiary/aromatic N) is 2. The zero-order valence-electron chi connectivity index (χ0n) is 15.5. The van der Waals surface area contributed by atoms with Crippen molar-refractivity contribution in [1.82, 2.24) is 15.2 Å². The highest BCUT2D eigenvalue weighted by Crippen LogP contribution is 2.17. The van der Waals surface area contributed by atoms with Crippen LogP contribution in [0, 0.1) is 6.92 Å². The van der Waals surface area contributed by atoms with Crippen LogP contribution in [0.5, 0.6) is 5.88 Å². The smallest absolute Gasteiger partial charge is 0.254 e. The van der Waals surface area contributed by atoms with Gasteiger partial charge in [-0.3, -0.25) is 4.79 Å². The summed E-state index contributed by atoms with van der Waals surface area (Å²) in [6.45, 7) is 2.72. The fourth-order valence-corrected chi connectivity index (χ4v) is 2.87. The first-order chi connectivity index (χ1) is 12.0. The number of carbonyl (C=O) groups is 1. The topological polar surface area (TPSA) is 54.5 Å². The third kappa shape index (κ3) is 5.29. The summed E-state index contributed by atoms with van der Waals surface area (Å²) in [7, 11) is 5.36. The molecule has 134 valence electrons. The van der Waals surface area contributed by atoms with Gasteiger partial charge in [0.25, 0.3) is 5.91 Å². The third-order valence-electron chi connectivity index (χ3n) is 4.30. The molecule has 0 spiro atoms. The molecule has 0 saturated carbocycles. The molecule has 5 heteroatoms. The van der Waals surface area contributed by atoms with Crippen molar-refractivity contribution in [3.05, 3.63) is 59.3 Å². The molecule has 0 aliphatic heterocycles. The molecule has 0 fully saturated rings. The van der Waals surface area contributed by atoms with E-state index in [1.54, 1.807) is 19.2 Å². The molecule has 1 amide bonds. The first-order valence-electron chi connectivity index (χ1n) is 8.53. The molecule has 2 aromatic rings. The van der Waals surface area contributed by atoms with Crippen LogP contribution in [-0.4, -0.2) is 49.6 Å². The van der Waals surface area contributed by atoms with Crippen LogP contribution in [0.4, 0.5) is 0 Å². The monoisotopic (exact) mass is 341 g/mol. The van der Waals surface area contributed by atoms with E-state index in [2.05, 4.69) is 22.4 Å². The van der Waals surface area contributed by atoms with Gasteiger partial charge in [0, 0.05) is 30.4 Å². The molecular weight excluding hydrogens is 314 g/mol. The predicted octanol–water partition coefficient (Wildman–Crippen LogP) is 2.69. The fraction of sp³-hybridized carbons (Fsp3) is 0.400. The summed E-state index contributed by atoms with van der Waals surface area (Å²) in [6.07, 6.45) is 1.71. The number of carbonyl (C=O) groups excluding carboxylic acids is 1. The number of amides is 1. The Morgan fingerprint density at radius 1 is 1.28 bits per heavy atom. The number of hydrogen-bond acceptors (Lipinski definition) is 4. The minimum absolute atomic E-state index is 0.0131. The number of rotatable bonds is 8. The minimum atomic E-state index is -0.0131. The summed E-state index contributed by atoms with van der Waals surface area (Å²) in [4.78, 5) is 19.1. The molecule has 0 saturated heterocycles. The Bertz CT molecular complexity index is 689. The standard InChI is InChI=1S/C20H27N3O2/c1-15-12-17(14-19(22-15)25-4)20(24)23(3)18(10-11-21-2)13-16-8-6-5-7-9-16/h5-9,12,14,18,21H,10-11,13H2,1-4H3/t18-/m1/s1. The highest BCUT2D eigenvalue weighted by atomic mass is 16.5. The Hall–Kier alpha value is -2.40. The molecule has 0 radical (unpaired) electrons. The molecule has 0 aliphatic carbocycles. The molecule has 2 rings (SSSR count). The lowest BCUT2D eigenvalue weighted by atomic mass is 10.0. The zero-order valence-corrected chi connectivity index (χ0v) is 15.5. The maximum atomic E-state index is 13.0. The van der Waals surface area contributed by atoms with Crippen LogP contribution >= 0.6 is 0 Å². The molecule has 5 nitrogen and oxygen atoms in total. The van der Waals surface area contributed by atoms with Gasteiger partial charge < -0.3 is 15.0 Å². The van der Waals surface area contributed by atoms with Crippen LogP contribution in [0.2, 0.25) is 0 Å². The average molecular weight is 341 g/mol. The van der Waals surface area contributed by atoms with Gasteiger partial charge in [-0.15, -0.1) is 0 Å². The Morgan fingerprint density at radius 2 is 2.00 bits per heavy atom. The van der Waals surface area contributed by atoms with Crippen molar-refractivity contribution >= 4 is 5.91 Å². The van der Waals surface area contributed by atoms with Gasteiger partial charge in [-0.2, -0.15) is 0 Å². The van der Waals surface area contributed by atoms with Gasteiger partial charge in [-0.05, 0) is 45.0 Å². The van der Waals surface area contributed by atoms with Gasteiger partial charge >= 0.3 is 0 Å². The van der Waals surface area contributed by atoms with E-state index in [0.717, 1.165) is 25.1 Å². The zero-order chi connectivity index (χ0) is 18.2. The van der Waals surface area contributed by atoms with Crippen molar-refractivity contribution in [2.45, 2.75) is 25.8 Å². The van der Waals surface area contributed by atoms with Gasteiger partial charge in [0.1, 0.15) is 0 Å². The second kappa shape index (κ2) is 9.18. The van der Waals surface area contributed by atoms with Crippen molar-refractivity contribution in [2.24, 2.45) is 0 Å². The molecule has 1 aromatic heterocycles. The van der Waals surface area contributed by atoms with Crippen LogP contribution in [0.1, 0.15) is 28.0 Å². The maximum absolute atomic E-state index is 13.0. The van der Waals surface area contributed by atoms with Crippen LogP contribution in [0.25, 0.3) is 0 Å². The largest absolute Gasteiger partial charge is 0.481 e. The summed E-state index contributed by atoms with van der Waals surface area (Å²) in [5.41, 5.74) is 2.60. The highest BCUT2D eigenvalue weighted by Gasteiger charge is 2.22. The van der Waals surface area contributed by atoms with E-state index in [0.29, 0.717) is 11.4 Å². The Morgan fingerprint density at radius 3 is 2.64 bits per heavy atom. The first-order valence-corrected chi connectivity index (χ1v) is 8.53. The van der Waals surface area contributed by atoms with E-state index in [4.69, 9.17) is 4.74 Å². The van der Waals surface area contributed by atoms with Crippen LogP contribution in [0.15, 0.2) is 42.5 Å². The lowest BCUT2D eigenvalue weighted by Crippen LogP contribution is -2.40. The Kier molecular flexibility index (Phi) is 6.95. The molecule has 1 atom stereocenters. The number of nitrogens with one attached hydrogen (secondary N) is 1. The van der Waals surface area contributed by atoms with Crippen molar-refractivity contribution < 1.29 is 9.53 Å². The molecule has 0 bridgehead atoms. The fourth-order valence-electron chi connectivity index (χ4n) is 2.87. The van der Waals surface area contributed by atoms with E-state index >= 15 is 0 Å². The highest BCUT2D eigenvalue weighted by molar-refractivity contribution is 5.94. The van der Waals surface area contributed by atoms with Crippen molar-refractivity contribution in [3.63, 3.8) is 0 Å². The summed E-state index contributed by atoms with van der Waals surface area (Å²) >= 11 is 0. The number of likely N-dealkylation sites (N-methyl/N-ethyl adjacent to an activating group) is 1. The van der Waals surface area contributed by atoms with E-state index in [9.17, 15) is 4.79 Å². The first kappa shape index (κ1) is 18.9. The van der Waals surface area contributed by atoms with Gasteiger partial charge in [-0.25, -0.2) is 4.98 Å². The SMILES string of the molecule is CNCC[C@H](Cc1ccccc1)N(C)C(=O)c1cc(C)nc(OC)c1. The Balaban J connectivity index is 2.20. The van der Waals surface area contributed by atoms with E-state index in [1.165, 1.54) is 5.56 Å². The van der Waals surface area contributed by atoms with Gasteiger partial charge in [0.2, 0.25) is 5.88 Å². The molecule has 1 aromatic carbocycles. The van der Waals surface area contributed by atoms with Crippen LogP contribution < -0.4 is 10.1 Å². The summed E-state index contributed by atoms with van der Waals surface area (Å²) in [6, 6.07) is 13.9. The molecule has 0 aliphatic rings. The van der Waals surface area contributed by atoms with E-state index in [1.807, 2.05) is 44.1 Å². The number of aromatic nitrogens is 1. The Labute approximate surface area is 150 Å². The number of methoxy groups -OCH3 is 1. The summed E-state index contributed by atoms with van der Waals surface area (Å²) in [5, 5.41) is 3.18. The molecule has 1 N–H and O–H groups in total. The lowest BCUT2D eigenvalue weighted by Gasteiger charge is -2.29. The van der Waals surface area contributed by atoms with Gasteiger partial charge in [0.05, 0.1) is 7.11 Å².